The van der Waals surface area contributed by atoms with Gasteiger partial charge in [0.05, 0.1) is 5.56 Å². The summed E-state index contributed by atoms with van der Waals surface area (Å²) in [4.78, 5) is 21.5. The highest BCUT2D eigenvalue weighted by Crippen LogP contribution is 2.24. The smallest absolute Gasteiger partial charge is 0.258 e. The van der Waals surface area contributed by atoms with E-state index in [9.17, 15) is 4.79 Å². The first-order valence-electron chi connectivity index (χ1n) is 8.61. The lowest BCUT2D eigenvalue weighted by atomic mass is 10.1. The Labute approximate surface area is 146 Å². The zero-order chi connectivity index (χ0) is 17.2. The van der Waals surface area contributed by atoms with Gasteiger partial charge >= 0.3 is 0 Å². The molecular weight excluding hydrogens is 314 g/mol. The molecule has 2 aromatic heterocycles. The fraction of sp³-hybridized carbons (Fsp3) is 0.300. The number of hydrogen-bond acceptors (Lipinski definition) is 4. The SMILES string of the molecule is CC1CN(Cc2cccnc2)CCN1C(=O)c1coc2ccccc12. The zero-order valence-corrected chi connectivity index (χ0v) is 14.3. The minimum absolute atomic E-state index is 0.0541. The van der Waals surface area contributed by atoms with Crippen LogP contribution in [0.4, 0.5) is 0 Å². The van der Waals surface area contributed by atoms with E-state index in [1.807, 2.05) is 41.4 Å². The van der Waals surface area contributed by atoms with E-state index in [1.54, 1.807) is 12.5 Å². The Bertz CT molecular complexity index is 875. The van der Waals surface area contributed by atoms with Crippen molar-refractivity contribution in [1.29, 1.82) is 0 Å². The molecule has 0 aliphatic carbocycles. The van der Waals surface area contributed by atoms with Crippen LogP contribution in [0.25, 0.3) is 11.0 Å². The molecule has 1 aliphatic rings. The topological polar surface area (TPSA) is 49.6 Å². The predicted molar refractivity (Wildman–Crippen MR) is 96.2 cm³/mol. The standard InChI is InChI=1S/C20H21N3O2/c1-15-12-22(13-16-5-4-8-21-11-16)9-10-23(15)20(24)18-14-25-19-7-3-2-6-17(18)19/h2-8,11,14-15H,9-10,12-13H2,1H3. The summed E-state index contributed by atoms with van der Waals surface area (Å²) in [5.41, 5.74) is 2.62. The Morgan fingerprint density at radius 3 is 2.92 bits per heavy atom. The lowest BCUT2D eigenvalue weighted by molar-refractivity contribution is 0.0476. The van der Waals surface area contributed by atoms with Gasteiger partial charge in [-0.3, -0.25) is 14.7 Å². The summed E-state index contributed by atoms with van der Waals surface area (Å²) in [6.07, 6.45) is 5.28. The first-order valence-corrected chi connectivity index (χ1v) is 8.61. The number of carbonyl (C=O) groups excluding carboxylic acids is 1. The van der Waals surface area contributed by atoms with Crippen LogP contribution in [0.1, 0.15) is 22.8 Å². The highest BCUT2D eigenvalue weighted by atomic mass is 16.3. The number of pyridine rings is 1. The normalized spacial score (nSPS) is 18.6. The second-order valence-electron chi connectivity index (χ2n) is 6.59. The van der Waals surface area contributed by atoms with E-state index in [0.717, 1.165) is 37.1 Å². The van der Waals surface area contributed by atoms with Crippen LogP contribution >= 0.6 is 0 Å². The van der Waals surface area contributed by atoms with Crippen molar-refractivity contribution in [3.63, 3.8) is 0 Å². The number of carbonyl (C=O) groups is 1. The summed E-state index contributed by atoms with van der Waals surface area (Å²) < 4.78 is 5.53. The van der Waals surface area contributed by atoms with Crippen LogP contribution in [0.3, 0.4) is 0 Å². The molecule has 128 valence electrons. The van der Waals surface area contributed by atoms with Crippen molar-refractivity contribution in [2.75, 3.05) is 19.6 Å². The van der Waals surface area contributed by atoms with Crippen LogP contribution in [0.2, 0.25) is 0 Å². The molecule has 0 radical (unpaired) electrons. The van der Waals surface area contributed by atoms with Gasteiger partial charge in [0.1, 0.15) is 11.8 Å². The van der Waals surface area contributed by atoms with Gasteiger partial charge in [-0.15, -0.1) is 0 Å². The molecule has 5 heteroatoms. The van der Waals surface area contributed by atoms with Crippen molar-refractivity contribution in [2.24, 2.45) is 0 Å². The van der Waals surface area contributed by atoms with E-state index in [4.69, 9.17) is 4.42 Å². The molecule has 4 rings (SSSR count). The number of para-hydroxylation sites is 1. The van der Waals surface area contributed by atoms with Crippen LogP contribution in [-0.2, 0) is 6.54 Å². The molecule has 1 atom stereocenters. The average Bonchev–Trinajstić information content (AvgIpc) is 3.06. The van der Waals surface area contributed by atoms with E-state index in [2.05, 4.69) is 22.9 Å². The number of rotatable bonds is 3. The molecule has 1 unspecified atom stereocenters. The molecule has 25 heavy (non-hydrogen) atoms. The van der Waals surface area contributed by atoms with E-state index in [0.29, 0.717) is 5.56 Å². The van der Waals surface area contributed by atoms with Gasteiger partial charge in [0.25, 0.3) is 5.91 Å². The van der Waals surface area contributed by atoms with Crippen LogP contribution in [-0.4, -0.2) is 46.4 Å². The molecule has 1 fully saturated rings. The van der Waals surface area contributed by atoms with E-state index in [-0.39, 0.29) is 11.9 Å². The number of piperazine rings is 1. The number of benzene rings is 1. The average molecular weight is 335 g/mol. The molecular formula is C20H21N3O2. The monoisotopic (exact) mass is 335 g/mol. The lowest BCUT2D eigenvalue weighted by Gasteiger charge is -2.39. The van der Waals surface area contributed by atoms with Gasteiger partial charge in [-0.1, -0.05) is 24.3 Å². The van der Waals surface area contributed by atoms with Crippen molar-refractivity contribution in [1.82, 2.24) is 14.8 Å². The number of amides is 1. The number of aromatic nitrogens is 1. The summed E-state index contributed by atoms with van der Waals surface area (Å²) >= 11 is 0. The highest BCUT2D eigenvalue weighted by Gasteiger charge is 2.29. The van der Waals surface area contributed by atoms with Crippen molar-refractivity contribution in [3.8, 4) is 0 Å². The predicted octanol–water partition coefficient (Wildman–Crippen LogP) is 3.17. The number of furan rings is 1. The Kier molecular flexibility index (Phi) is 4.24. The van der Waals surface area contributed by atoms with Crippen molar-refractivity contribution in [2.45, 2.75) is 19.5 Å². The van der Waals surface area contributed by atoms with Gasteiger partial charge in [0, 0.05) is 50.0 Å². The molecule has 0 spiro atoms. The Hall–Kier alpha value is -2.66. The molecule has 1 aliphatic heterocycles. The molecule has 5 nitrogen and oxygen atoms in total. The second-order valence-corrected chi connectivity index (χ2v) is 6.59. The summed E-state index contributed by atoms with van der Waals surface area (Å²) in [5.74, 6) is 0.0541. The molecule has 3 heterocycles. The van der Waals surface area contributed by atoms with Crippen LogP contribution in [0, 0.1) is 0 Å². The van der Waals surface area contributed by atoms with Crippen LogP contribution in [0.5, 0.6) is 0 Å². The summed E-state index contributed by atoms with van der Waals surface area (Å²) in [6.45, 7) is 5.42. The molecule has 1 aromatic carbocycles. The van der Waals surface area contributed by atoms with Crippen LogP contribution < -0.4 is 0 Å². The molecule has 0 N–H and O–H groups in total. The van der Waals surface area contributed by atoms with Gasteiger partial charge in [0.2, 0.25) is 0 Å². The third-order valence-electron chi connectivity index (χ3n) is 4.81. The zero-order valence-electron chi connectivity index (χ0n) is 14.3. The third-order valence-corrected chi connectivity index (χ3v) is 4.81. The van der Waals surface area contributed by atoms with Gasteiger partial charge < -0.3 is 9.32 Å². The largest absolute Gasteiger partial charge is 0.463 e. The molecule has 0 saturated carbocycles. The van der Waals surface area contributed by atoms with E-state index >= 15 is 0 Å². The minimum atomic E-state index is 0.0541. The van der Waals surface area contributed by atoms with Crippen molar-refractivity contribution in [3.05, 3.63) is 66.2 Å². The number of nitrogens with zero attached hydrogens (tertiary/aromatic N) is 3. The van der Waals surface area contributed by atoms with Crippen molar-refractivity contribution < 1.29 is 9.21 Å². The van der Waals surface area contributed by atoms with Gasteiger partial charge in [0.15, 0.2) is 0 Å². The highest BCUT2D eigenvalue weighted by molar-refractivity contribution is 6.06. The molecule has 3 aromatic rings. The van der Waals surface area contributed by atoms with Crippen LogP contribution in [0.15, 0.2) is 59.5 Å². The first kappa shape index (κ1) is 15.8. The fourth-order valence-corrected chi connectivity index (χ4v) is 3.53. The molecule has 0 bridgehead atoms. The maximum atomic E-state index is 13.0. The number of fused-ring (bicyclic) bond motifs is 1. The lowest BCUT2D eigenvalue weighted by Crippen LogP contribution is -2.53. The maximum absolute atomic E-state index is 13.0. The van der Waals surface area contributed by atoms with Gasteiger partial charge in [-0.2, -0.15) is 0 Å². The second kappa shape index (κ2) is 6.69. The minimum Gasteiger partial charge on any atom is -0.463 e. The van der Waals surface area contributed by atoms with E-state index < -0.39 is 0 Å². The fourth-order valence-electron chi connectivity index (χ4n) is 3.53. The first-order chi connectivity index (χ1) is 12.2. The van der Waals surface area contributed by atoms with Gasteiger partial charge in [-0.05, 0) is 24.6 Å². The number of hydrogen-bond donors (Lipinski definition) is 0. The Morgan fingerprint density at radius 1 is 1.24 bits per heavy atom. The molecule has 1 amide bonds. The molecule has 1 saturated heterocycles. The van der Waals surface area contributed by atoms with Crippen molar-refractivity contribution >= 4 is 16.9 Å². The van der Waals surface area contributed by atoms with Gasteiger partial charge in [-0.25, -0.2) is 0 Å². The summed E-state index contributed by atoms with van der Waals surface area (Å²) in [6, 6.07) is 11.9. The summed E-state index contributed by atoms with van der Waals surface area (Å²) in [7, 11) is 0. The quantitative estimate of drug-likeness (QED) is 0.738. The third kappa shape index (κ3) is 3.15. The van der Waals surface area contributed by atoms with E-state index in [1.165, 1.54) is 5.56 Å². The maximum Gasteiger partial charge on any atom is 0.258 e. The Balaban J connectivity index is 1.46. The Morgan fingerprint density at radius 2 is 2.12 bits per heavy atom. The summed E-state index contributed by atoms with van der Waals surface area (Å²) in [5, 5.41) is 0.887.